The summed E-state index contributed by atoms with van der Waals surface area (Å²) in [6.07, 6.45) is 5.12. The molecule has 4 heteroatoms. The van der Waals surface area contributed by atoms with Gasteiger partial charge in [-0.1, -0.05) is 93.6 Å². The fraction of sp³-hybridized carbons (Fsp3) is 0.302. The van der Waals surface area contributed by atoms with Crippen molar-refractivity contribution in [3.8, 4) is 45.0 Å². The molecule has 0 amide bonds. The van der Waals surface area contributed by atoms with Crippen LogP contribution in [0.15, 0.2) is 146 Å². The van der Waals surface area contributed by atoms with E-state index in [1.807, 2.05) is 99.2 Å². The van der Waals surface area contributed by atoms with E-state index in [2.05, 4.69) is 94.0 Å². The Morgan fingerprint density at radius 3 is 1.01 bits per heavy atom. The van der Waals surface area contributed by atoms with Gasteiger partial charge in [0.2, 0.25) is 22.8 Å². The Morgan fingerprint density at radius 1 is 0.343 bits per heavy atom. The van der Waals surface area contributed by atoms with Crippen molar-refractivity contribution in [1.29, 1.82) is 0 Å². The molecule has 0 saturated carbocycles. The average molecular weight is 904 g/mol. The lowest BCUT2D eigenvalue weighted by molar-refractivity contribution is -0.661. The molecule has 8 rings (SSSR count). The third-order valence-electron chi connectivity index (χ3n) is 12.2. The summed E-state index contributed by atoms with van der Waals surface area (Å²) in [6, 6.07) is 39.7. The first kappa shape index (κ1) is 35.6. The zero-order chi connectivity index (χ0) is 60.0. The number of pyridine rings is 4. The van der Waals surface area contributed by atoms with Crippen LogP contribution in [0.4, 0.5) is 0 Å². The van der Waals surface area contributed by atoms with E-state index in [4.69, 9.17) is 17.8 Å². The minimum absolute atomic E-state index is 0.0554. The number of aromatic nitrogens is 4. The number of hydrogen-bond donors (Lipinski definition) is 0. The SMILES string of the molecule is CCc1c[n+](C)c(-c2ccccc2C)cc1C.[2H]C([2H])(C)c1c[n+](C)c(-c2ccccc2C)cc1C.[2H]C([2H])([2H])c1c[n+](C)c(-c2ccccc2C)cc1C([2H])([2H])C.[2H]C([2H])([2H])c1cc(-c2ccccc2C)[n+](C)cc1C([2H])([2H])[2H]. The van der Waals surface area contributed by atoms with E-state index in [1.165, 1.54) is 64.5 Å². The van der Waals surface area contributed by atoms with E-state index >= 15 is 0 Å². The summed E-state index contributed by atoms with van der Waals surface area (Å²) < 4.78 is 108. The van der Waals surface area contributed by atoms with E-state index in [-0.39, 0.29) is 22.3 Å². The molecule has 4 aromatic heterocycles. The third kappa shape index (κ3) is 12.9. The Labute approximate surface area is 423 Å². The van der Waals surface area contributed by atoms with Gasteiger partial charge in [-0.25, -0.2) is 18.3 Å². The molecule has 4 aromatic carbocycles. The van der Waals surface area contributed by atoms with Crippen LogP contribution in [-0.2, 0) is 47.4 Å². The molecule has 0 aliphatic rings. The van der Waals surface area contributed by atoms with Crippen LogP contribution in [0.5, 0.6) is 0 Å². The van der Waals surface area contributed by atoms with Crippen molar-refractivity contribution in [2.24, 2.45) is 28.2 Å². The van der Waals surface area contributed by atoms with Crippen molar-refractivity contribution in [2.45, 2.75) is 102 Å². The molecule has 0 aliphatic heterocycles. The van der Waals surface area contributed by atoms with Gasteiger partial charge < -0.3 is 0 Å². The molecule has 0 aliphatic carbocycles. The van der Waals surface area contributed by atoms with E-state index in [0.717, 1.165) is 51.2 Å². The smallest absolute Gasteiger partial charge is 0.201 e. The summed E-state index contributed by atoms with van der Waals surface area (Å²) in [4.78, 5) is 0. The van der Waals surface area contributed by atoms with Gasteiger partial charge in [0, 0.05) is 86.6 Å². The van der Waals surface area contributed by atoms with Crippen molar-refractivity contribution in [3.05, 3.63) is 213 Å². The van der Waals surface area contributed by atoms with Gasteiger partial charge >= 0.3 is 0 Å². The molecular formula is C63H78N4+4. The summed E-state index contributed by atoms with van der Waals surface area (Å²) in [5, 5.41) is 0. The first-order valence-corrected chi connectivity index (χ1v) is 22.8. The molecular weight excluding hydrogens is 813 g/mol. The molecule has 0 unspecified atom stereocenters. The maximum absolute atomic E-state index is 7.98. The summed E-state index contributed by atoms with van der Waals surface area (Å²) >= 11 is 0. The number of benzene rings is 4. The van der Waals surface area contributed by atoms with Gasteiger partial charge in [0.25, 0.3) is 0 Å². The highest BCUT2D eigenvalue weighted by atomic mass is 14.9. The standard InChI is InChI=1S/3C16H20N.C15H18N/c1-5-14-10-16(17(4)11-13(14)3)15-9-7-6-8-12(15)2;2*1-5-14-11-17(4)16(10-13(14)3)15-9-7-6-8-12(15)2;1-11-7-5-6-8-14(11)15-9-12(2)13(3)10-16(15)4/h3*6-11H,5H2,1-4H3;5-10H,1-4H3/q4*+1/i3D3,5D2;5D2;;2D3,3D3. The number of aryl methyl sites for hydroxylation is 16. The van der Waals surface area contributed by atoms with Gasteiger partial charge in [-0.2, -0.15) is 0 Å². The highest BCUT2D eigenvalue weighted by Gasteiger charge is 2.18. The molecule has 67 heavy (non-hydrogen) atoms. The predicted octanol–water partition coefficient (Wildman–Crippen LogP) is 13.2. The Hall–Kier alpha value is -6.52. The number of nitrogens with zero attached hydrogens (tertiary/aromatic N) is 4. The summed E-state index contributed by atoms with van der Waals surface area (Å²) in [6.45, 7) is 10.2. The Kier molecular flexibility index (Phi) is 12.7. The minimum Gasteiger partial charge on any atom is -0.201 e. The second-order valence-electron chi connectivity index (χ2n) is 17.2. The van der Waals surface area contributed by atoms with Crippen molar-refractivity contribution >= 4 is 0 Å². The Morgan fingerprint density at radius 2 is 0.657 bits per heavy atom. The van der Waals surface area contributed by atoms with Crippen LogP contribution in [-0.4, -0.2) is 0 Å². The first-order chi connectivity index (χ1) is 37.0. The van der Waals surface area contributed by atoms with Gasteiger partial charge in [0.05, 0.1) is 0 Å². The van der Waals surface area contributed by atoms with Crippen LogP contribution in [0.1, 0.15) is 105 Å². The molecule has 0 saturated heterocycles. The first-order valence-electron chi connectivity index (χ1n) is 29.3. The lowest BCUT2D eigenvalue weighted by Crippen LogP contribution is -2.32. The van der Waals surface area contributed by atoms with Crippen molar-refractivity contribution in [3.63, 3.8) is 0 Å². The van der Waals surface area contributed by atoms with Crippen molar-refractivity contribution in [2.75, 3.05) is 0 Å². The highest BCUT2D eigenvalue weighted by molar-refractivity contribution is 5.64. The largest absolute Gasteiger partial charge is 0.212 e. The van der Waals surface area contributed by atoms with E-state index in [0.29, 0.717) is 5.69 Å². The second-order valence-corrected chi connectivity index (χ2v) is 17.2. The second kappa shape index (κ2) is 23.8. The number of hydrogen-bond acceptors (Lipinski definition) is 0. The maximum Gasteiger partial charge on any atom is 0.212 e. The maximum atomic E-state index is 7.98. The normalized spacial score (nSPS) is 14.4. The molecule has 0 N–H and O–H groups in total. The van der Waals surface area contributed by atoms with Crippen LogP contribution in [0.2, 0.25) is 0 Å². The van der Waals surface area contributed by atoms with Crippen LogP contribution >= 0.6 is 0 Å². The lowest BCUT2D eigenvalue weighted by Gasteiger charge is -2.07. The van der Waals surface area contributed by atoms with Crippen LogP contribution in [0, 0.1) is 62.1 Å². The van der Waals surface area contributed by atoms with Gasteiger partial charge in [-0.05, 0) is 150 Å². The van der Waals surface area contributed by atoms with Crippen molar-refractivity contribution in [1.82, 2.24) is 0 Å². The van der Waals surface area contributed by atoms with Gasteiger partial charge in [-0.15, -0.1) is 0 Å². The highest BCUT2D eigenvalue weighted by Crippen LogP contribution is 2.25. The quantitative estimate of drug-likeness (QED) is 0.142. The van der Waals surface area contributed by atoms with E-state index in [9.17, 15) is 0 Å². The van der Waals surface area contributed by atoms with E-state index < -0.39 is 33.3 Å². The zero-order valence-electron chi connectivity index (χ0n) is 54.9. The molecule has 0 atom stereocenters. The molecule has 4 nitrogen and oxygen atoms in total. The van der Waals surface area contributed by atoms with E-state index in [1.54, 1.807) is 36.2 Å². The molecule has 0 bridgehead atoms. The summed E-state index contributed by atoms with van der Waals surface area (Å²) in [5.74, 6) is 0. The fourth-order valence-electron chi connectivity index (χ4n) is 8.20. The molecule has 0 fully saturated rings. The van der Waals surface area contributed by atoms with Crippen LogP contribution < -0.4 is 18.3 Å². The topological polar surface area (TPSA) is 15.5 Å². The van der Waals surface area contributed by atoms with Crippen molar-refractivity contribution < 1.29 is 36.1 Å². The average Bonchev–Trinajstić information content (AvgIpc) is 3.35. The molecule has 8 aromatic rings. The third-order valence-corrected chi connectivity index (χ3v) is 12.2. The fourth-order valence-corrected chi connectivity index (χ4v) is 8.20. The summed E-state index contributed by atoms with van der Waals surface area (Å²) in [5.41, 5.74) is 17.4. The molecule has 0 radical (unpaired) electrons. The minimum atomic E-state index is -2.48. The van der Waals surface area contributed by atoms with Gasteiger partial charge in [-0.3, -0.25) is 0 Å². The van der Waals surface area contributed by atoms with Crippen LogP contribution in [0.25, 0.3) is 45.0 Å². The molecule has 346 valence electrons. The summed E-state index contributed by atoms with van der Waals surface area (Å²) in [7, 11) is 7.60. The zero-order valence-corrected chi connectivity index (χ0v) is 41.9. The molecule has 4 heterocycles. The Bertz CT molecular complexity index is 3350. The monoisotopic (exact) mass is 904 g/mol. The molecule has 0 spiro atoms. The Balaban J connectivity index is 0.000000197. The van der Waals surface area contributed by atoms with Gasteiger partial charge in [0.1, 0.15) is 28.2 Å². The predicted molar refractivity (Wildman–Crippen MR) is 283 cm³/mol. The lowest BCUT2D eigenvalue weighted by atomic mass is 10.0. The van der Waals surface area contributed by atoms with Gasteiger partial charge in [0.15, 0.2) is 24.8 Å². The number of rotatable bonds is 7. The van der Waals surface area contributed by atoms with Crippen LogP contribution in [0.3, 0.4) is 0 Å².